The Balaban J connectivity index is 2.42. The van der Waals surface area contributed by atoms with Gasteiger partial charge in [-0.15, -0.1) is 0 Å². The van der Waals surface area contributed by atoms with E-state index in [1.807, 2.05) is 6.92 Å². The first-order valence-electron chi connectivity index (χ1n) is 6.10. The molecule has 0 saturated carbocycles. The summed E-state index contributed by atoms with van der Waals surface area (Å²) in [6, 6.07) is 2.23. The summed E-state index contributed by atoms with van der Waals surface area (Å²) in [5.74, 6) is 5.15. The lowest BCUT2D eigenvalue weighted by atomic mass is 10.2. The Morgan fingerprint density at radius 2 is 1.85 bits per heavy atom. The molecule has 0 amide bonds. The second-order valence-corrected chi connectivity index (χ2v) is 4.25. The molecular formula is C13H15F2N5. The zero-order valence-electron chi connectivity index (χ0n) is 11.2. The molecule has 2 rings (SSSR count). The molecule has 1 aromatic heterocycles. The van der Waals surface area contributed by atoms with Crippen LogP contribution in [0.5, 0.6) is 0 Å². The summed E-state index contributed by atoms with van der Waals surface area (Å²) in [6.07, 6.45) is 1.87. The van der Waals surface area contributed by atoms with E-state index in [-0.39, 0.29) is 11.3 Å². The van der Waals surface area contributed by atoms with Gasteiger partial charge >= 0.3 is 0 Å². The number of nitrogens with zero attached hydrogens (tertiary/aromatic N) is 2. The van der Waals surface area contributed by atoms with Crippen LogP contribution in [0.4, 0.5) is 26.1 Å². The molecule has 0 radical (unpaired) electrons. The van der Waals surface area contributed by atoms with E-state index in [9.17, 15) is 8.78 Å². The largest absolute Gasteiger partial charge is 0.337 e. The van der Waals surface area contributed by atoms with Crippen molar-refractivity contribution >= 4 is 17.3 Å². The Morgan fingerprint density at radius 3 is 2.50 bits per heavy atom. The number of nitrogen functional groups attached to an aromatic ring is 1. The maximum absolute atomic E-state index is 13.8. The molecule has 0 unspecified atom stereocenters. The molecule has 7 heteroatoms. The first-order valence-corrected chi connectivity index (χ1v) is 6.10. The molecule has 0 bridgehead atoms. The number of aromatic nitrogens is 2. The fourth-order valence-corrected chi connectivity index (χ4v) is 1.85. The second kappa shape index (κ2) is 5.79. The van der Waals surface area contributed by atoms with Crippen molar-refractivity contribution in [1.29, 1.82) is 0 Å². The van der Waals surface area contributed by atoms with Crippen LogP contribution in [0, 0.1) is 18.6 Å². The van der Waals surface area contributed by atoms with Gasteiger partial charge in [-0.05, 0) is 25.0 Å². The minimum absolute atomic E-state index is 0.0180. The zero-order chi connectivity index (χ0) is 14.7. The molecule has 0 aliphatic heterocycles. The highest BCUT2D eigenvalue weighted by Crippen LogP contribution is 2.26. The molecule has 4 N–H and O–H groups in total. The Kier molecular flexibility index (Phi) is 4.09. The minimum Gasteiger partial charge on any atom is -0.337 e. The topological polar surface area (TPSA) is 75.9 Å². The van der Waals surface area contributed by atoms with Crippen molar-refractivity contribution in [3.8, 4) is 0 Å². The van der Waals surface area contributed by atoms with Gasteiger partial charge in [-0.1, -0.05) is 6.92 Å². The van der Waals surface area contributed by atoms with E-state index < -0.39 is 11.6 Å². The van der Waals surface area contributed by atoms with E-state index in [0.29, 0.717) is 23.6 Å². The number of hydrogen-bond donors (Lipinski definition) is 3. The maximum Gasteiger partial charge on any atom is 0.148 e. The normalized spacial score (nSPS) is 10.4. The van der Waals surface area contributed by atoms with Gasteiger partial charge in [0, 0.05) is 11.6 Å². The molecule has 20 heavy (non-hydrogen) atoms. The Bertz CT molecular complexity index is 630. The van der Waals surface area contributed by atoms with E-state index >= 15 is 0 Å². The Labute approximate surface area is 115 Å². The molecule has 0 saturated heterocycles. The van der Waals surface area contributed by atoms with E-state index in [1.165, 1.54) is 13.3 Å². The number of hydrazine groups is 1. The second-order valence-electron chi connectivity index (χ2n) is 4.25. The standard InChI is InChI=1S/C13H15F2N5/c1-3-8-12(17-6-18-13(8)20-16)19-11-5-9(14)7(2)4-10(11)15/h4-6H,3,16H2,1-2H3,(H2,17,18,19,20). The SMILES string of the molecule is CCc1c(NN)ncnc1Nc1cc(F)c(C)cc1F. The highest BCUT2D eigenvalue weighted by atomic mass is 19.1. The van der Waals surface area contributed by atoms with Gasteiger partial charge < -0.3 is 10.7 Å². The number of nitrogens with two attached hydrogens (primary N) is 1. The lowest BCUT2D eigenvalue weighted by molar-refractivity contribution is 0.595. The van der Waals surface area contributed by atoms with Crippen molar-refractivity contribution in [2.24, 2.45) is 5.84 Å². The molecule has 0 atom stereocenters. The van der Waals surface area contributed by atoms with Crippen LogP contribution in [0.2, 0.25) is 0 Å². The van der Waals surface area contributed by atoms with Crippen molar-refractivity contribution in [3.63, 3.8) is 0 Å². The molecule has 0 aliphatic carbocycles. The predicted octanol–water partition coefficient (Wildman–Crippen LogP) is 2.65. The van der Waals surface area contributed by atoms with Crippen LogP contribution in [0.15, 0.2) is 18.5 Å². The fraction of sp³-hybridized carbons (Fsp3) is 0.231. The van der Waals surface area contributed by atoms with Crippen LogP contribution in [0.1, 0.15) is 18.1 Å². The van der Waals surface area contributed by atoms with Crippen LogP contribution in [0.25, 0.3) is 0 Å². The molecule has 1 heterocycles. The average Bonchev–Trinajstić information content (AvgIpc) is 2.44. The minimum atomic E-state index is -0.549. The third-order valence-electron chi connectivity index (χ3n) is 2.94. The van der Waals surface area contributed by atoms with E-state index in [0.717, 1.165) is 12.1 Å². The van der Waals surface area contributed by atoms with E-state index in [2.05, 4.69) is 20.7 Å². The van der Waals surface area contributed by atoms with Crippen molar-refractivity contribution < 1.29 is 8.78 Å². The van der Waals surface area contributed by atoms with Gasteiger partial charge in [-0.25, -0.2) is 24.6 Å². The highest BCUT2D eigenvalue weighted by molar-refractivity contribution is 5.65. The quantitative estimate of drug-likeness (QED) is 0.592. The summed E-state index contributed by atoms with van der Waals surface area (Å²) in [5, 5.41) is 2.77. The molecule has 5 nitrogen and oxygen atoms in total. The van der Waals surface area contributed by atoms with Crippen LogP contribution in [-0.2, 0) is 6.42 Å². The van der Waals surface area contributed by atoms with Gasteiger partial charge in [0.05, 0.1) is 5.69 Å². The number of rotatable bonds is 4. The van der Waals surface area contributed by atoms with Gasteiger partial charge in [0.1, 0.15) is 29.6 Å². The first kappa shape index (κ1) is 14.1. The molecule has 106 valence electrons. The van der Waals surface area contributed by atoms with Crippen LogP contribution >= 0.6 is 0 Å². The number of aryl methyl sites for hydroxylation is 1. The van der Waals surface area contributed by atoms with Crippen molar-refractivity contribution in [2.75, 3.05) is 10.7 Å². The fourth-order valence-electron chi connectivity index (χ4n) is 1.85. The number of hydrogen-bond acceptors (Lipinski definition) is 5. The lowest BCUT2D eigenvalue weighted by Gasteiger charge is -2.13. The van der Waals surface area contributed by atoms with Crippen LogP contribution < -0.4 is 16.6 Å². The maximum atomic E-state index is 13.8. The molecule has 0 fully saturated rings. The Hall–Kier alpha value is -2.28. The van der Waals surface area contributed by atoms with Gasteiger partial charge in [-0.3, -0.25) is 0 Å². The van der Waals surface area contributed by atoms with E-state index in [1.54, 1.807) is 0 Å². The summed E-state index contributed by atoms with van der Waals surface area (Å²) in [5.41, 5.74) is 3.40. The lowest BCUT2D eigenvalue weighted by Crippen LogP contribution is -2.13. The Morgan fingerprint density at radius 1 is 1.15 bits per heavy atom. The molecular weight excluding hydrogens is 264 g/mol. The van der Waals surface area contributed by atoms with Crippen molar-refractivity contribution in [2.45, 2.75) is 20.3 Å². The number of halogens is 2. The highest BCUT2D eigenvalue weighted by Gasteiger charge is 2.12. The summed E-state index contributed by atoms with van der Waals surface area (Å²) in [7, 11) is 0. The first-order chi connectivity index (χ1) is 9.56. The van der Waals surface area contributed by atoms with Gasteiger partial charge in [-0.2, -0.15) is 0 Å². The zero-order valence-corrected chi connectivity index (χ0v) is 11.2. The van der Waals surface area contributed by atoms with Crippen molar-refractivity contribution in [1.82, 2.24) is 9.97 Å². The number of nitrogens with one attached hydrogen (secondary N) is 2. The monoisotopic (exact) mass is 279 g/mol. The summed E-state index contributed by atoms with van der Waals surface area (Å²) < 4.78 is 27.3. The summed E-state index contributed by atoms with van der Waals surface area (Å²) in [6.45, 7) is 3.39. The van der Waals surface area contributed by atoms with E-state index in [4.69, 9.17) is 5.84 Å². The number of anilines is 3. The van der Waals surface area contributed by atoms with Crippen LogP contribution in [-0.4, -0.2) is 9.97 Å². The smallest absolute Gasteiger partial charge is 0.148 e. The third kappa shape index (κ3) is 2.67. The average molecular weight is 279 g/mol. The van der Waals surface area contributed by atoms with Gasteiger partial charge in [0.25, 0.3) is 0 Å². The summed E-state index contributed by atoms with van der Waals surface area (Å²) >= 11 is 0. The van der Waals surface area contributed by atoms with Gasteiger partial charge in [0.15, 0.2) is 0 Å². The molecule has 0 aliphatic rings. The summed E-state index contributed by atoms with van der Waals surface area (Å²) in [4.78, 5) is 8.01. The van der Waals surface area contributed by atoms with Crippen molar-refractivity contribution in [3.05, 3.63) is 41.2 Å². The third-order valence-corrected chi connectivity index (χ3v) is 2.94. The predicted molar refractivity (Wildman–Crippen MR) is 73.6 cm³/mol. The van der Waals surface area contributed by atoms with Gasteiger partial charge in [0.2, 0.25) is 0 Å². The molecule has 0 spiro atoms. The molecule has 1 aromatic carbocycles. The van der Waals surface area contributed by atoms with Crippen LogP contribution in [0.3, 0.4) is 0 Å². The number of benzene rings is 1. The molecule has 2 aromatic rings.